The van der Waals surface area contributed by atoms with E-state index in [1.54, 1.807) is 10.8 Å². The zero-order valence-corrected chi connectivity index (χ0v) is 19.4. The minimum absolute atomic E-state index is 0.0742. The van der Waals surface area contributed by atoms with Gasteiger partial charge in [-0.15, -0.1) is 11.3 Å². The smallest absolute Gasteiger partial charge is 0.360 e. The van der Waals surface area contributed by atoms with Gasteiger partial charge >= 0.3 is 6.18 Å². The molecular formula is C19H21F3N4O5S2. The van der Waals surface area contributed by atoms with E-state index in [4.69, 9.17) is 4.52 Å². The van der Waals surface area contributed by atoms with Crippen molar-refractivity contribution in [3.63, 3.8) is 0 Å². The van der Waals surface area contributed by atoms with Crippen molar-refractivity contribution in [3.8, 4) is 0 Å². The van der Waals surface area contributed by atoms with Gasteiger partial charge in [-0.2, -0.15) is 13.2 Å². The molecule has 180 valence electrons. The van der Waals surface area contributed by atoms with Gasteiger partial charge in [-0.05, 0) is 32.6 Å². The molecule has 2 amide bonds. The number of halogens is 3. The monoisotopic (exact) mass is 506 g/mol. The average molecular weight is 507 g/mol. The summed E-state index contributed by atoms with van der Waals surface area (Å²) in [5.74, 6) is -1.61. The molecule has 2 fully saturated rings. The van der Waals surface area contributed by atoms with Gasteiger partial charge in [0.1, 0.15) is 10.6 Å². The lowest BCUT2D eigenvalue weighted by Crippen LogP contribution is -2.43. The van der Waals surface area contributed by atoms with Crippen molar-refractivity contribution in [2.24, 2.45) is 0 Å². The van der Waals surface area contributed by atoms with Crippen molar-refractivity contribution in [1.29, 1.82) is 0 Å². The zero-order chi connectivity index (χ0) is 24.2. The number of nitrogens with zero attached hydrogens (tertiary/aromatic N) is 3. The van der Waals surface area contributed by atoms with Crippen LogP contribution < -0.4 is 4.72 Å². The van der Waals surface area contributed by atoms with E-state index < -0.39 is 49.7 Å². The number of carbonyl (C=O) groups is 2. The number of hydrogen-bond acceptors (Lipinski definition) is 8. The fourth-order valence-electron chi connectivity index (χ4n) is 3.73. The summed E-state index contributed by atoms with van der Waals surface area (Å²) >= 11 is 0.0742. The van der Waals surface area contributed by atoms with Gasteiger partial charge in [0.25, 0.3) is 11.8 Å². The quantitative estimate of drug-likeness (QED) is 0.639. The number of amides is 2. The van der Waals surface area contributed by atoms with Crippen LogP contribution in [0.4, 0.5) is 13.2 Å². The number of carbonyl (C=O) groups excluding carboxylic acids is 2. The molecule has 4 rings (SSSR count). The molecule has 1 saturated carbocycles. The van der Waals surface area contributed by atoms with Gasteiger partial charge in [0.2, 0.25) is 10.0 Å². The summed E-state index contributed by atoms with van der Waals surface area (Å²) in [6, 6.07) is 0.860. The molecular weight excluding hydrogens is 485 g/mol. The Kier molecular flexibility index (Phi) is 5.79. The zero-order valence-electron chi connectivity index (χ0n) is 17.7. The normalized spacial score (nSPS) is 20.2. The van der Waals surface area contributed by atoms with Gasteiger partial charge in [-0.3, -0.25) is 9.59 Å². The maximum absolute atomic E-state index is 12.9. The van der Waals surface area contributed by atoms with Crippen LogP contribution in [0.2, 0.25) is 0 Å². The summed E-state index contributed by atoms with van der Waals surface area (Å²) in [7, 11) is -4.25. The van der Waals surface area contributed by atoms with E-state index in [0.29, 0.717) is 25.1 Å². The Labute approximate surface area is 191 Å². The minimum Gasteiger partial charge on any atom is -0.360 e. The predicted octanol–water partition coefficient (Wildman–Crippen LogP) is 2.87. The van der Waals surface area contributed by atoms with Crippen LogP contribution in [0, 0.1) is 6.92 Å². The molecule has 0 spiro atoms. The number of aryl methyl sites for hydroxylation is 1. The van der Waals surface area contributed by atoms with Crippen molar-refractivity contribution >= 4 is 33.2 Å². The van der Waals surface area contributed by atoms with Crippen LogP contribution in [0.15, 0.2) is 10.6 Å². The Morgan fingerprint density at radius 3 is 2.67 bits per heavy atom. The predicted molar refractivity (Wildman–Crippen MR) is 110 cm³/mol. The van der Waals surface area contributed by atoms with Crippen molar-refractivity contribution < 1.29 is 35.7 Å². The molecule has 1 atom stereocenters. The molecule has 0 unspecified atom stereocenters. The fourth-order valence-corrected chi connectivity index (χ4v) is 5.94. The SMILES string of the molecule is Cc1nc(C(F)(F)F)sc1C(=O)NS(=O)(=O)C[C@H]1CCCN1C(=O)c1cc(C2(C)CC2)on1. The van der Waals surface area contributed by atoms with Crippen LogP contribution in [0.5, 0.6) is 0 Å². The van der Waals surface area contributed by atoms with Crippen LogP contribution in [0.1, 0.15) is 69.2 Å². The maximum atomic E-state index is 12.9. The molecule has 1 aliphatic heterocycles. The van der Waals surface area contributed by atoms with E-state index in [1.165, 1.54) is 11.8 Å². The van der Waals surface area contributed by atoms with E-state index in [9.17, 15) is 31.2 Å². The molecule has 33 heavy (non-hydrogen) atoms. The highest BCUT2D eigenvalue weighted by atomic mass is 32.2. The van der Waals surface area contributed by atoms with Crippen LogP contribution in [0.3, 0.4) is 0 Å². The summed E-state index contributed by atoms with van der Waals surface area (Å²) in [5.41, 5.74) is -0.250. The van der Waals surface area contributed by atoms with Gasteiger partial charge in [0, 0.05) is 24.1 Å². The highest BCUT2D eigenvalue weighted by Crippen LogP contribution is 2.47. The Morgan fingerprint density at radius 2 is 2.06 bits per heavy atom. The highest BCUT2D eigenvalue weighted by molar-refractivity contribution is 7.90. The lowest BCUT2D eigenvalue weighted by atomic mass is 10.1. The van der Waals surface area contributed by atoms with Crippen molar-refractivity contribution in [1.82, 2.24) is 19.8 Å². The van der Waals surface area contributed by atoms with Crippen molar-refractivity contribution in [3.05, 3.63) is 33.1 Å². The number of likely N-dealkylation sites (tertiary alicyclic amines) is 1. The Morgan fingerprint density at radius 1 is 1.36 bits per heavy atom. The molecule has 3 heterocycles. The molecule has 0 bridgehead atoms. The van der Waals surface area contributed by atoms with E-state index in [0.717, 1.165) is 12.8 Å². The fraction of sp³-hybridized carbons (Fsp3) is 0.579. The number of thiazole rings is 1. The molecule has 14 heteroatoms. The molecule has 1 aliphatic carbocycles. The number of aromatic nitrogens is 2. The van der Waals surface area contributed by atoms with Gasteiger partial charge < -0.3 is 9.42 Å². The standard InChI is InChI=1S/C19H21F3N4O5S2/c1-10-14(32-17(23-10)19(20,21)22)15(27)25-33(29,30)9-11-4-3-7-26(11)16(28)12-8-13(31-24-12)18(2)5-6-18/h8,11H,3-7,9H2,1-2H3,(H,25,27)/t11-/m1/s1. The molecule has 1 saturated heterocycles. The number of hydrogen-bond donors (Lipinski definition) is 1. The first-order valence-electron chi connectivity index (χ1n) is 10.2. The minimum atomic E-state index is -4.74. The topological polar surface area (TPSA) is 122 Å². The van der Waals surface area contributed by atoms with Crippen molar-refractivity contribution in [2.75, 3.05) is 12.3 Å². The maximum Gasteiger partial charge on any atom is 0.443 e. The van der Waals surface area contributed by atoms with E-state index >= 15 is 0 Å². The van der Waals surface area contributed by atoms with Crippen LogP contribution in [-0.2, 0) is 21.6 Å². The lowest BCUT2D eigenvalue weighted by Gasteiger charge is -2.23. The first-order chi connectivity index (χ1) is 15.3. The summed E-state index contributed by atoms with van der Waals surface area (Å²) in [6.07, 6.45) is -1.92. The summed E-state index contributed by atoms with van der Waals surface area (Å²) < 4.78 is 70.8. The Balaban J connectivity index is 1.44. The first kappa shape index (κ1) is 23.7. The van der Waals surface area contributed by atoms with Crippen molar-refractivity contribution in [2.45, 2.75) is 57.2 Å². The third-order valence-corrected chi connectivity index (χ3v) is 8.39. The third-order valence-electron chi connectivity index (χ3n) is 5.87. The molecule has 1 N–H and O–H groups in total. The average Bonchev–Trinajstić information content (AvgIpc) is 3.13. The van der Waals surface area contributed by atoms with Gasteiger partial charge in [0.05, 0.1) is 11.4 Å². The molecule has 0 aromatic carbocycles. The number of alkyl halides is 3. The summed E-state index contributed by atoms with van der Waals surface area (Å²) in [5, 5.41) is 2.60. The van der Waals surface area contributed by atoms with Crippen LogP contribution >= 0.6 is 11.3 Å². The number of nitrogens with one attached hydrogen (secondary N) is 1. The Hall–Kier alpha value is -2.48. The molecule has 9 nitrogen and oxygen atoms in total. The van der Waals surface area contributed by atoms with E-state index in [-0.39, 0.29) is 28.1 Å². The second-order valence-electron chi connectivity index (χ2n) is 8.58. The molecule has 2 aromatic heterocycles. The Bertz CT molecular complexity index is 1200. The van der Waals surface area contributed by atoms with Crippen LogP contribution in [-0.4, -0.2) is 53.6 Å². The third kappa shape index (κ3) is 4.90. The highest BCUT2D eigenvalue weighted by Gasteiger charge is 2.44. The summed E-state index contributed by atoms with van der Waals surface area (Å²) in [4.78, 5) is 29.5. The molecule has 2 aliphatic rings. The second-order valence-corrected chi connectivity index (χ2v) is 11.3. The molecule has 2 aromatic rings. The van der Waals surface area contributed by atoms with E-state index in [2.05, 4.69) is 10.1 Å². The van der Waals surface area contributed by atoms with Gasteiger partial charge in [0.15, 0.2) is 10.7 Å². The van der Waals surface area contributed by atoms with Gasteiger partial charge in [-0.25, -0.2) is 18.1 Å². The molecule has 0 radical (unpaired) electrons. The number of sulfonamides is 1. The first-order valence-corrected chi connectivity index (χ1v) is 12.6. The van der Waals surface area contributed by atoms with Crippen LogP contribution in [0.25, 0.3) is 0 Å². The largest absolute Gasteiger partial charge is 0.443 e. The van der Waals surface area contributed by atoms with E-state index in [1.807, 2.05) is 6.92 Å². The van der Waals surface area contributed by atoms with Gasteiger partial charge in [-0.1, -0.05) is 12.1 Å². The summed E-state index contributed by atoms with van der Waals surface area (Å²) in [6.45, 7) is 3.51. The number of rotatable bonds is 6. The second kappa shape index (κ2) is 8.08. The lowest BCUT2D eigenvalue weighted by molar-refractivity contribution is -0.137.